The Labute approximate surface area is 175 Å². The van der Waals surface area contributed by atoms with E-state index in [0.29, 0.717) is 29.8 Å². The van der Waals surface area contributed by atoms with E-state index in [1.165, 1.54) is 36.3 Å². The Hall–Kier alpha value is -3.19. The fraction of sp³-hybridized carbons (Fsp3) is 0.304. The molecular formula is C23H25FN2O4. The predicted molar refractivity (Wildman–Crippen MR) is 112 cm³/mol. The molecule has 0 unspecified atom stereocenters. The number of nitrogens with zero attached hydrogens (tertiary/aromatic N) is 2. The summed E-state index contributed by atoms with van der Waals surface area (Å²) in [5.74, 6) is -1.50. The number of benzene rings is 2. The van der Waals surface area contributed by atoms with Crippen LogP contribution >= 0.6 is 0 Å². The highest BCUT2D eigenvalue weighted by molar-refractivity contribution is 6.46. The van der Waals surface area contributed by atoms with Gasteiger partial charge in [0.2, 0.25) is 0 Å². The molecule has 6 nitrogen and oxygen atoms in total. The fourth-order valence-corrected chi connectivity index (χ4v) is 3.56. The lowest BCUT2D eigenvalue weighted by atomic mass is 9.95. The molecule has 0 radical (unpaired) electrons. The second-order valence-corrected chi connectivity index (χ2v) is 7.43. The molecule has 1 N–H and O–H groups in total. The topological polar surface area (TPSA) is 70.1 Å². The number of aliphatic hydroxyl groups excluding tert-OH is 1. The van der Waals surface area contributed by atoms with Crippen molar-refractivity contribution < 1.29 is 23.8 Å². The molecule has 7 heteroatoms. The van der Waals surface area contributed by atoms with E-state index in [2.05, 4.69) is 0 Å². The number of hydrogen-bond donors (Lipinski definition) is 1. The third-order valence-electron chi connectivity index (χ3n) is 5.09. The lowest BCUT2D eigenvalue weighted by Gasteiger charge is -2.26. The van der Waals surface area contributed by atoms with Gasteiger partial charge in [0.05, 0.1) is 18.7 Å². The van der Waals surface area contributed by atoms with Gasteiger partial charge in [0.1, 0.15) is 17.3 Å². The molecule has 1 fully saturated rings. The molecule has 2 aromatic rings. The van der Waals surface area contributed by atoms with Crippen molar-refractivity contribution in [2.45, 2.75) is 12.5 Å². The van der Waals surface area contributed by atoms with E-state index in [4.69, 9.17) is 4.74 Å². The summed E-state index contributed by atoms with van der Waals surface area (Å²) in [6.45, 7) is 1.07. The van der Waals surface area contributed by atoms with Crippen molar-refractivity contribution in [3.8, 4) is 5.75 Å². The highest BCUT2D eigenvalue weighted by Crippen LogP contribution is 2.39. The number of halogens is 1. The maximum atomic E-state index is 13.5. The number of aliphatic hydroxyl groups is 1. The van der Waals surface area contributed by atoms with Gasteiger partial charge in [-0.05, 0) is 69.0 Å². The molecule has 30 heavy (non-hydrogen) atoms. The van der Waals surface area contributed by atoms with Crippen molar-refractivity contribution in [1.82, 2.24) is 9.80 Å². The summed E-state index contributed by atoms with van der Waals surface area (Å²) in [6, 6.07) is 11.4. The summed E-state index contributed by atoms with van der Waals surface area (Å²) in [4.78, 5) is 29.1. The van der Waals surface area contributed by atoms with E-state index in [1.54, 1.807) is 24.3 Å². The smallest absolute Gasteiger partial charge is 0.295 e. The number of ether oxygens (including phenoxy) is 1. The monoisotopic (exact) mass is 412 g/mol. The minimum Gasteiger partial charge on any atom is -0.507 e. The van der Waals surface area contributed by atoms with Crippen LogP contribution in [0.4, 0.5) is 4.39 Å². The zero-order valence-corrected chi connectivity index (χ0v) is 17.3. The van der Waals surface area contributed by atoms with Gasteiger partial charge in [-0.1, -0.05) is 12.1 Å². The van der Waals surface area contributed by atoms with E-state index in [0.717, 1.165) is 6.54 Å². The number of carbonyl (C=O) groups excluding carboxylic acids is 2. The van der Waals surface area contributed by atoms with Gasteiger partial charge >= 0.3 is 0 Å². The van der Waals surface area contributed by atoms with Crippen LogP contribution in [0.25, 0.3) is 5.76 Å². The molecule has 0 aromatic heterocycles. The molecule has 1 atom stereocenters. The Kier molecular flexibility index (Phi) is 6.52. The summed E-state index contributed by atoms with van der Waals surface area (Å²) in [5.41, 5.74) is 0.964. The van der Waals surface area contributed by atoms with Crippen LogP contribution in [0.3, 0.4) is 0 Å². The van der Waals surface area contributed by atoms with Gasteiger partial charge in [0, 0.05) is 12.1 Å². The molecule has 0 bridgehead atoms. The molecular weight excluding hydrogens is 387 g/mol. The van der Waals surface area contributed by atoms with Crippen LogP contribution in [-0.4, -0.2) is 60.9 Å². The Balaban J connectivity index is 2.06. The van der Waals surface area contributed by atoms with E-state index < -0.39 is 23.5 Å². The van der Waals surface area contributed by atoms with Crippen molar-refractivity contribution in [3.05, 3.63) is 71.0 Å². The number of ketones is 1. The van der Waals surface area contributed by atoms with Crippen LogP contribution in [0.15, 0.2) is 54.1 Å². The van der Waals surface area contributed by atoms with E-state index >= 15 is 0 Å². The fourth-order valence-electron chi connectivity index (χ4n) is 3.56. The number of hydrogen-bond acceptors (Lipinski definition) is 5. The standard InChI is InChI=1S/C23H25FN2O4/c1-25(2)13-4-14-26-20(15-5-9-17(24)10-6-15)19(22(28)23(26)29)21(27)16-7-11-18(30-3)12-8-16/h5-12,20,27H,4,13-14H2,1-3H3/t20-/m1/s1. The normalized spacial score (nSPS) is 18.3. The largest absolute Gasteiger partial charge is 0.507 e. The molecule has 1 aliphatic heterocycles. The predicted octanol–water partition coefficient (Wildman–Crippen LogP) is 3.21. The van der Waals surface area contributed by atoms with Crippen molar-refractivity contribution in [2.75, 3.05) is 34.3 Å². The first-order valence-electron chi connectivity index (χ1n) is 9.66. The SMILES string of the molecule is COc1ccc(C(O)=C2C(=O)C(=O)N(CCCN(C)C)[C@@H]2c2ccc(F)cc2)cc1. The van der Waals surface area contributed by atoms with E-state index in [1.807, 2.05) is 19.0 Å². The lowest BCUT2D eigenvalue weighted by Crippen LogP contribution is -2.32. The first-order chi connectivity index (χ1) is 14.3. The number of rotatable bonds is 7. The lowest BCUT2D eigenvalue weighted by molar-refractivity contribution is -0.139. The van der Waals surface area contributed by atoms with Crippen molar-refractivity contribution >= 4 is 17.4 Å². The molecule has 1 heterocycles. The van der Waals surface area contributed by atoms with Gasteiger partial charge in [-0.15, -0.1) is 0 Å². The first-order valence-corrected chi connectivity index (χ1v) is 9.66. The third-order valence-corrected chi connectivity index (χ3v) is 5.09. The number of amides is 1. The van der Waals surface area contributed by atoms with Crippen molar-refractivity contribution in [2.24, 2.45) is 0 Å². The Morgan fingerprint density at radius 2 is 1.73 bits per heavy atom. The molecule has 1 aliphatic rings. The molecule has 3 rings (SSSR count). The summed E-state index contributed by atoms with van der Waals surface area (Å²) < 4.78 is 18.6. The Bertz CT molecular complexity index is 952. The van der Waals surface area contributed by atoms with E-state index in [9.17, 15) is 19.1 Å². The van der Waals surface area contributed by atoms with Gasteiger partial charge in [0.25, 0.3) is 11.7 Å². The molecule has 1 saturated heterocycles. The molecule has 0 saturated carbocycles. The minimum absolute atomic E-state index is 0.00151. The molecule has 0 aliphatic carbocycles. The average Bonchev–Trinajstić information content (AvgIpc) is 2.98. The number of likely N-dealkylation sites (tertiary alicyclic amines) is 1. The first kappa shape index (κ1) is 21.5. The molecule has 158 valence electrons. The maximum absolute atomic E-state index is 13.5. The number of carbonyl (C=O) groups is 2. The van der Waals surface area contributed by atoms with E-state index in [-0.39, 0.29) is 11.3 Å². The molecule has 0 spiro atoms. The summed E-state index contributed by atoms with van der Waals surface area (Å²) in [5, 5.41) is 10.9. The van der Waals surface area contributed by atoms with Crippen LogP contribution in [0.1, 0.15) is 23.6 Å². The zero-order valence-electron chi connectivity index (χ0n) is 17.3. The third kappa shape index (κ3) is 4.36. The van der Waals surface area contributed by atoms with Gasteiger partial charge in [-0.25, -0.2) is 4.39 Å². The van der Waals surface area contributed by atoms with Gasteiger partial charge in [-0.3, -0.25) is 9.59 Å². The molecule has 2 aromatic carbocycles. The van der Waals surface area contributed by atoms with Crippen LogP contribution in [-0.2, 0) is 9.59 Å². The number of Topliss-reactive ketones (excluding diaryl/α,β-unsaturated/α-hetero) is 1. The highest BCUT2D eigenvalue weighted by atomic mass is 19.1. The summed E-state index contributed by atoms with van der Waals surface area (Å²) >= 11 is 0. The second kappa shape index (κ2) is 9.09. The van der Waals surface area contributed by atoms with Crippen molar-refractivity contribution in [1.29, 1.82) is 0 Å². The van der Waals surface area contributed by atoms with Crippen LogP contribution in [0.2, 0.25) is 0 Å². The van der Waals surface area contributed by atoms with Gasteiger partial charge < -0.3 is 19.6 Å². The van der Waals surface area contributed by atoms with Gasteiger partial charge in [0.15, 0.2) is 0 Å². The summed E-state index contributed by atoms with van der Waals surface area (Å²) in [6.07, 6.45) is 0.653. The average molecular weight is 412 g/mol. The second-order valence-electron chi connectivity index (χ2n) is 7.43. The zero-order chi connectivity index (χ0) is 21.8. The number of methoxy groups -OCH3 is 1. The van der Waals surface area contributed by atoms with Crippen LogP contribution in [0.5, 0.6) is 5.75 Å². The molecule has 1 amide bonds. The Morgan fingerprint density at radius 3 is 2.30 bits per heavy atom. The maximum Gasteiger partial charge on any atom is 0.295 e. The van der Waals surface area contributed by atoms with Crippen LogP contribution < -0.4 is 4.74 Å². The van der Waals surface area contributed by atoms with Gasteiger partial charge in [-0.2, -0.15) is 0 Å². The quantitative estimate of drug-likeness (QED) is 0.430. The summed E-state index contributed by atoms with van der Waals surface area (Å²) in [7, 11) is 5.38. The van der Waals surface area contributed by atoms with Crippen LogP contribution in [0, 0.1) is 5.82 Å². The Morgan fingerprint density at radius 1 is 1.10 bits per heavy atom. The minimum atomic E-state index is -0.783. The van der Waals surface area contributed by atoms with Crippen molar-refractivity contribution in [3.63, 3.8) is 0 Å². The highest BCUT2D eigenvalue weighted by Gasteiger charge is 2.45.